The Labute approximate surface area is 223 Å². The second kappa shape index (κ2) is 10.1. The lowest BCUT2D eigenvalue weighted by Crippen LogP contribution is -2.28. The van der Waals surface area contributed by atoms with Crippen LogP contribution in [0.1, 0.15) is 82.7 Å². The van der Waals surface area contributed by atoms with Crippen molar-refractivity contribution in [3.05, 3.63) is 79.8 Å². The minimum Gasteiger partial charge on any atom is -0.450 e. The summed E-state index contributed by atoms with van der Waals surface area (Å²) in [7, 11) is 2.72. The van der Waals surface area contributed by atoms with Gasteiger partial charge in [-0.2, -0.15) is 20.4 Å². The molecule has 0 bridgehead atoms. The molecule has 0 unspecified atom stereocenters. The number of halogens is 2. The van der Waals surface area contributed by atoms with E-state index >= 15 is 0 Å². The van der Waals surface area contributed by atoms with Crippen molar-refractivity contribution < 1.29 is 37.9 Å². The summed E-state index contributed by atoms with van der Waals surface area (Å²) in [6.45, 7) is 2.80. The summed E-state index contributed by atoms with van der Waals surface area (Å²) >= 11 is 11.1. The average Bonchev–Trinajstić information content (AvgIpc) is 3.36. The summed E-state index contributed by atoms with van der Waals surface area (Å²) in [5.74, 6) is -4.19. The first kappa shape index (κ1) is 27.1. The topological polar surface area (TPSA) is 169 Å². The molecule has 0 saturated heterocycles. The van der Waals surface area contributed by atoms with Crippen LogP contribution in [0, 0.1) is 0 Å². The number of hydrogen-bond acceptors (Lipinski definition) is 12. The zero-order valence-electron chi connectivity index (χ0n) is 20.1. The van der Waals surface area contributed by atoms with Crippen LogP contribution < -0.4 is 0 Å². The van der Waals surface area contributed by atoms with Gasteiger partial charge in [-0.3, -0.25) is 24.0 Å². The second-order valence-corrected chi connectivity index (χ2v) is 8.75. The van der Waals surface area contributed by atoms with Gasteiger partial charge in [0.2, 0.25) is 23.1 Å². The molecule has 12 nitrogen and oxygen atoms in total. The van der Waals surface area contributed by atoms with Gasteiger partial charge in [-0.05, 0) is 13.8 Å². The molecule has 2 aliphatic carbocycles. The van der Waals surface area contributed by atoms with Gasteiger partial charge >= 0.3 is 0 Å². The molecule has 0 fully saturated rings. The molecule has 2 aliphatic rings. The molecule has 3 aromatic heterocycles. The second-order valence-electron chi connectivity index (χ2n) is 8.00. The van der Waals surface area contributed by atoms with Crippen molar-refractivity contribution in [3.8, 4) is 0 Å². The summed E-state index contributed by atoms with van der Waals surface area (Å²) in [5.41, 5.74) is 0.308. The van der Waals surface area contributed by atoms with Crippen LogP contribution in [0.2, 0.25) is 0 Å². The number of nitrogens with zero attached hydrogens (tertiary/aromatic N) is 4. The standard InChI is InChI=1S/C16H14N2O6.C8H2Cl2N2O2/c1-7(19)10-11-12(20)8-5-17-18-6-9(8)13(21)14(11)24-15(10)16(2,22-3)23-4;9-5-6(10)8(14)4-2-12-11-1-3(4)7(5)13/h5-6H,1-4H3;1-2H. The van der Waals surface area contributed by atoms with Crippen LogP contribution in [0.5, 0.6) is 0 Å². The van der Waals surface area contributed by atoms with Crippen molar-refractivity contribution in [2.45, 2.75) is 19.6 Å². The Morgan fingerprint density at radius 1 is 0.763 bits per heavy atom. The molecule has 0 amide bonds. The van der Waals surface area contributed by atoms with E-state index in [9.17, 15) is 24.0 Å². The zero-order valence-corrected chi connectivity index (χ0v) is 21.6. The maximum atomic E-state index is 12.8. The van der Waals surface area contributed by atoms with Crippen LogP contribution in [0.3, 0.4) is 0 Å². The van der Waals surface area contributed by atoms with Gasteiger partial charge in [0.25, 0.3) is 0 Å². The van der Waals surface area contributed by atoms with E-state index in [-0.39, 0.29) is 55.0 Å². The van der Waals surface area contributed by atoms with Gasteiger partial charge in [-0.25, -0.2) is 0 Å². The number of fused-ring (bicyclic) bond motifs is 3. The molecule has 0 aromatic carbocycles. The highest BCUT2D eigenvalue weighted by Gasteiger charge is 2.44. The SMILES string of the molecule is COC(C)(OC)c1oc2c(c1C(C)=O)C(=O)c1cnncc1C2=O.O=C1C(Cl)=C(Cl)C(=O)c2cnncc21. The van der Waals surface area contributed by atoms with E-state index in [2.05, 4.69) is 20.4 Å². The Kier molecular flexibility index (Phi) is 7.17. The molecule has 3 aromatic rings. The molecular formula is C24H16Cl2N4O8. The van der Waals surface area contributed by atoms with Gasteiger partial charge in [0.05, 0.1) is 58.2 Å². The highest BCUT2D eigenvalue weighted by molar-refractivity contribution is 6.59. The fraction of sp³-hybridized carbons (Fsp3) is 0.208. The first-order valence-corrected chi connectivity index (χ1v) is 11.4. The largest absolute Gasteiger partial charge is 0.450 e. The van der Waals surface area contributed by atoms with Crippen LogP contribution in [0.25, 0.3) is 0 Å². The van der Waals surface area contributed by atoms with E-state index in [1.807, 2.05) is 0 Å². The molecular weight excluding hydrogens is 543 g/mol. The normalized spacial score (nSPS) is 14.5. The molecule has 14 heteroatoms. The van der Waals surface area contributed by atoms with Crippen molar-refractivity contribution >= 4 is 52.1 Å². The lowest BCUT2D eigenvalue weighted by Gasteiger charge is -2.24. The molecule has 5 rings (SSSR count). The first-order valence-electron chi connectivity index (χ1n) is 10.6. The number of furan rings is 1. The number of hydrogen-bond donors (Lipinski definition) is 0. The third kappa shape index (κ3) is 4.17. The van der Waals surface area contributed by atoms with Crippen LogP contribution in [-0.2, 0) is 15.3 Å². The Bertz CT molecular complexity index is 1550. The number of ketones is 5. The smallest absolute Gasteiger partial charge is 0.231 e. The van der Waals surface area contributed by atoms with E-state index in [0.29, 0.717) is 0 Å². The van der Waals surface area contributed by atoms with Gasteiger partial charge in [-0.15, -0.1) is 0 Å². The molecule has 194 valence electrons. The fourth-order valence-corrected chi connectivity index (χ4v) is 4.17. The monoisotopic (exact) mass is 558 g/mol. The molecule has 0 spiro atoms. The lowest BCUT2D eigenvalue weighted by atomic mass is 9.87. The van der Waals surface area contributed by atoms with Gasteiger partial charge in [0.15, 0.2) is 23.1 Å². The average molecular weight is 559 g/mol. The van der Waals surface area contributed by atoms with Gasteiger partial charge in [-0.1, -0.05) is 23.2 Å². The van der Waals surface area contributed by atoms with Gasteiger partial charge in [0, 0.05) is 14.2 Å². The van der Waals surface area contributed by atoms with Crippen molar-refractivity contribution in [2.75, 3.05) is 14.2 Å². The first-order chi connectivity index (χ1) is 18.0. The van der Waals surface area contributed by atoms with Crippen LogP contribution in [0.4, 0.5) is 0 Å². The number of carbonyl (C=O) groups excluding carboxylic acids is 5. The number of aromatic nitrogens is 4. The maximum Gasteiger partial charge on any atom is 0.231 e. The zero-order chi connectivity index (χ0) is 27.9. The van der Waals surface area contributed by atoms with E-state index < -0.39 is 34.7 Å². The Morgan fingerprint density at radius 2 is 1.16 bits per heavy atom. The third-order valence-corrected chi connectivity index (χ3v) is 6.73. The van der Waals surface area contributed by atoms with Crippen LogP contribution >= 0.6 is 23.2 Å². The van der Waals surface area contributed by atoms with Crippen molar-refractivity contribution in [1.82, 2.24) is 20.4 Å². The van der Waals surface area contributed by atoms with Gasteiger partial charge in [0.1, 0.15) is 10.1 Å². The quantitative estimate of drug-likeness (QED) is 0.265. The number of methoxy groups -OCH3 is 2. The van der Waals surface area contributed by atoms with E-state index in [4.69, 9.17) is 37.1 Å². The van der Waals surface area contributed by atoms with E-state index in [0.717, 1.165) is 0 Å². The number of rotatable bonds is 4. The van der Waals surface area contributed by atoms with Crippen molar-refractivity contribution in [3.63, 3.8) is 0 Å². The van der Waals surface area contributed by atoms with Crippen LogP contribution in [0.15, 0.2) is 39.3 Å². The van der Waals surface area contributed by atoms with Crippen LogP contribution in [-0.4, -0.2) is 63.5 Å². The highest BCUT2D eigenvalue weighted by Crippen LogP contribution is 2.39. The fourth-order valence-electron chi connectivity index (χ4n) is 3.79. The minimum atomic E-state index is -1.43. The number of Topliss-reactive ketones (excluding diaryl/α,β-unsaturated/α-hetero) is 3. The van der Waals surface area contributed by atoms with Crippen molar-refractivity contribution in [1.29, 1.82) is 0 Å². The van der Waals surface area contributed by atoms with Gasteiger partial charge < -0.3 is 13.9 Å². The predicted octanol–water partition coefficient (Wildman–Crippen LogP) is 3.06. The summed E-state index contributed by atoms with van der Waals surface area (Å²) in [5, 5.41) is 13.7. The summed E-state index contributed by atoms with van der Waals surface area (Å²) in [6, 6.07) is 0. The summed E-state index contributed by atoms with van der Waals surface area (Å²) in [6.07, 6.45) is 4.78. The molecule has 0 saturated carbocycles. The number of allylic oxidation sites excluding steroid dienone is 2. The Balaban J connectivity index is 0.000000204. The van der Waals surface area contributed by atoms with Crippen molar-refractivity contribution in [2.24, 2.45) is 0 Å². The highest BCUT2D eigenvalue weighted by atomic mass is 35.5. The Morgan fingerprint density at radius 3 is 1.55 bits per heavy atom. The van der Waals surface area contributed by atoms with E-state index in [1.54, 1.807) is 0 Å². The minimum absolute atomic E-state index is 0.0274. The number of ether oxygens (including phenoxy) is 2. The maximum absolute atomic E-state index is 12.8. The molecule has 3 heterocycles. The predicted molar refractivity (Wildman–Crippen MR) is 128 cm³/mol. The Hall–Kier alpha value is -3.97. The van der Waals surface area contributed by atoms with E-state index in [1.165, 1.54) is 52.9 Å². The number of carbonyl (C=O) groups is 5. The third-order valence-electron chi connectivity index (χ3n) is 5.92. The molecule has 0 atom stereocenters. The molecule has 38 heavy (non-hydrogen) atoms. The molecule has 0 aliphatic heterocycles. The lowest BCUT2D eigenvalue weighted by molar-refractivity contribution is -0.213. The summed E-state index contributed by atoms with van der Waals surface area (Å²) in [4.78, 5) is 60.6. The molecule has 0 N–H and O–H groups in total. The summed E-state index contributed by atoms with van der Waals surface area (Å²) < 4.78 is 16.1. The molecule has 0 radical (unpaired) electrons.